The fraction of sp³-hybridized carbons (Fsp3) is 0.333. The maximum absolute atomic E-state index is 12.1. The summed E-state index contributed by atoms with van der Waals surface area (Å²) in [6.45, 7) is 0. The number of hydrogen-bond donors (Lipinski definition) is 1. The summed E-state index contributed by atoms with van der Waals surface area (Å²) in [4.78, 5) is 0. The zero-order valence-corrected chi connectivity index (χ0v) is 8.96. The van der Waals surface area contributed by atoms with E-state index in [1.807, 2.05) is 0 Å². The average Bonchev–Trinajstić information content (AvgIpc) is 2.14. The molecule has 1 aromatic rings. The Morgan fingerprint density at radius 3 is 1.59 bits per heavy atom. The van der Waals surface area contributed by atoms with Gasteiger partial charge in [0.25, 0.3) is 0 Å². The second kappa shape index (κ2) is 5.14. The van der Waals surface area contributed by atoms with E-state index >= 15 is 0 Å². The van der Waals surface area contributed by atoms with Crippen LogP contribution in [0.2, 0.25) is 0 Å². The van der Waals surface area contributed by atoms with Crippen molar-refractivity contribution in [2.45, 2.75) is 18.4 Å². The number of alkyl halides is 6. The third kappa shape index (κ3) is 4.08. The van der Waals surface area contributed by atoms with Crippen LogP contribution in [0.3, 0.4) is 0 Å². The van der Waals surface area contributed by atoms with Crippen LogP contribution >= 0.6 is 12.4 Å². The number of halogens is 7. The van der Waals surface area contributed by atoms with Crippen molar-refractivity contribution in [2.75, 3.05) is 0 Å². The number of rotatable bonds is 1. The van der Waals surface area contributed by atoms with Gasteiger partial charge in [-0.25, -0.2) is 0 Å². The van der Waals surface area contributed by atoms with Crippen LogP contribution in [-0.2, 0) is 6.18 Å². The van der Waals surface area contributed by atoms with Crippen molar-refractivity contribution in [3.63, 3.8) is 0 Å². The van der Waals surface area contributed by atoms with Crippen LogP contribution in [0.15, 0.2) is 24.3 Å². The molecule has 98 valence electrons. The van der Waals surface area contributed by atoms with Gasteiger partial charge in [-0.05, 0) is 17.7 Å². The van der Waals surface area contributed by atoms with Gasteiger partial charge < -0.3 is 5.73 Å². The van der Waals surface area contributed by atoms with Crippen LogP contribution < -0.4 is 5.73 Å². The summed E-state index contributed by atoms with van der Waals surface area (Å²) in [6.07, 6.45) is -9.24. The highest BCUT2D eigenvalue weighted by Gasteiger charge is 2.38. The van der Waals surface area contributed by atoms with E-state index in [9.17, 15) is 26.3 Å². The zero-order valence-electron chi connectivity index (χ0n) is 8.14. The van der Waals surface area contributed by atoms with E-state index in [4.69, 9.17) is 5.73 Å². The molecule has 0 aliphatic rings. The highest BCUT2D eigenvalue weighted by Crippen LogP contribution is 2.33. The monoisotopic (exact) mass is 279 g/mol. The molecule has 0 amide bonds. The highest BCUT2D eigenvalue weighted by molar-refractivity contribution is 5.85. The molecule has 1 rings (SSSR count). The Balaban J connectivity index is 0.00000256. The third-order valence-electron chi connectivity index (χ3n) is 1.95. The summed E-state index contributed by atoms with van der Waals surface area (Å²) < 4.78 is 72.7. The van der Waals surface area contributed by atoms with Crippen molar-refractivity contribution < 1.29 is 26.3 Å². The smallest absolute Gasteiger partial charge is 0.316 e. The molecular weight excluding hydrogens is 272 g/mol. The topological polar surface area (TPSA) is 26.0 Å². The first-order valence-corrected chi connectivity index (χ1v) is 4.12. The van der Waals surface area contributed by atoms with Crippen molar-refractivity contribution in [2.24, 2.45) is 5.73 Å². The summed E-state index contributed by atoms with van der Waals surface area (Å²) in [7, 11) is 0. The average molecular weight is 280 g/mol. The summed E-state index contributed by atoms with van der Waals surface area (Å²) in [5, 5.41) is 0. The Kier molecular flexibility index (Phi) is 4.85. The third-order valence-corrected chi connectivity index (χ3v) is 1.95. The van der Waals surface area contributed by atoms with Gasteiger partial charge in [0.1, 0.15) is 6.04 Å². The first-order valence-electron chi connectivity index (χ1n) is 4.12. The fourth-order valence-corrected chi connectivity index (χ4v) is 1.07. The fourth-order valence-electron chi connectivity index (χ4n) is 1.07. The van der Waals surface area contributed by atoms with E-state index in [0.29, 0.717) is 12.1 Å². The second-order valence-corrected chi connectivity index (χ2v) is 3.14. The van der Waals surface area contributed by atoms with Gasteiger partial charge in [-0.15, -0.1) is 12.4 Å². The molecule has 17 heavy (non-hydrogen) atoms. The molecule has 0 aliphatic carbocycles. The van der Waals surface area contributed by atoms with E-state index < -0.39 is 29.5 Å². The lowest BCUT2D eigenvalue weighted by atomic mass is 10.1. The van der Waals surface area contributed by atoms with Crippen molar-refractivity contribution >= 4 is 12.4 Å². The Labute approximate surface area is 99.0 Å². The molecule has 0 radical (unpaired) electrons. The van der Waals surface area contributed by atoms with Crippen LogP contribution in [0, 0.1) is 0 Å². The van der Waals surface area contributed by atoms with E-state index in [0.717, 1.165) is 12.1 Å². The lowest BCUT2D eigenvalue weighted by Gasteiger charge is -2.16. The first-order chi connectivity index (χ1) is 7.12. The highest BCUT2D eigenvalue weighted by atomic mass is 35.5. The minimum atomic E-state index is -4.67. The van der Waals surface area contributed by atoms with Crippen LogP contribution in [0.4, 0.5) is 26.3 Å². The van der Waals surface area contributed by atoms with Gasteiger partial charge in [0.2, 0.25) is 0 Å². The summed E-state index contributed by atoms with van der Waals surface area (Å²) in [5.74, 6) is 0. The van der Waals surface area contributed by atoms with Crippen molar-refractivity contribution in [1.82, 2.24) is 0 Å². The number of benzene rings is 1. The predicted octanol–water partition coefficient (Wildman–Crippen LogP) is 3.69. The van der Waals surface area contributed by atoms with Gasteiger partial charge in [0.15, 0.2) is 0 Å². The van der Waals surface area contributed by atoms with Crippen LogP contribution in [0.25, 0.3) is 0 Å². The predicted molar refractivity (Wildman–Crippen MR) is 51.7 cm³/mol. The molecule has 8 heteroatoms. The first kappa shape index (κ1) is 16.1. The van der Waals surface area contributed by atoms with Crippen molar-refractivity contribution in [3.8, 4) is 0 Å². The van der Waals surface area contributed by atoms with Crippen LogP contribution in [0.5, 0.6) is 0 Å². The normalized spacial score (nSPS) is 14.1. The maximum atomic E-state index is 12.1. The molecule has 0 aromatic heterocycles. The Hall–Kier alpha value is -0.950. The molecule has 0 spiro atoms. The molecule has 2 N–H and O–H groups in total. The second-order valence-electron chi connectivity index (χ2n) is 3.14. The van der Waals surface area contributed by atoms with E-state index in [2.05, 4.69) is 0 Å². The van der Waals surface area contributed by atoms with Gasteiger partial charge in [0, 0.05) is 0 Å². The minimum Gasteiger partial charge on any atom is -0.316 e. The van der Waals surface area contributed by atoms with E-state index in [1.165, 1.54) is 0 Å². The molecule has 0 saturated heterocycles. The van der Waals surface area contributed by atoms with Crippen LogP contribution in [0.1, 0.15) is 17.2 Å². The molecule has 0 fully saturated rings. The molecule has 1 aromatic carbocycles. The van der Waals surface area contributed by atoms with Crippen molar-refractivity contribution in [1.29, 1.82) is 0 Å². The Morgan fingerprint density at radius 1 is 0.882 bits per heavy atom. The minimum absolute atomic E-state index is 0. The Bertz CT molecular complexity index is 355. The van der Waals surface area contributed by atoms with Crippen molar-refractivity contribution in [3.05, 3.63) is 35.4 Å². The summed E-state index contributed by atoms with van der Waals surface area (Å²) >= 11 is 0. The standard InChI is InChI=1S/C9H7F6N.ClH/c10-8(11,12)6-3-1-5(2-4-6)7(16)9(13,14)15;/h1-4,7H,16H2;1H. The van der Waals surface area contributed by atoms with Gasteiger partial charge in [-0.3, -0.25) is 0 Å². The number of hydrogen-bond acceptors (Lipinski definition) is 1. The molecule has 0 bridgehead atoms. The Morgan fingerprint density at radius 2 is 1.29 bits per heavy atom. The maximum Gasteiger partial charge on any atom is 0.416 e. The SMILES string of the molecule is Cl.NC(c1ccc(C(F)(F)F)cc1)C(F)(F)F. The van der Waals surface area contributed by atoms with Gasteiger partial charge >= 0.3 is 12.4 Å². The molecule has 0 heterocycles. The van der Waals surface area contributed by atoms with E-state index in [-0.39, 0.29) is 12.4 Å². The number of nitrogens with two attached hydrogens (primary N) is 1. The summed E-state index contributed by atoms with van der Waals surface area (Å²) in [6, 6.07) is 0.318. The lowest BCUT2D eigenvalue weighted by molar-refractivity contribution is -0.149. The molecule has 0 saturated carbocycles. The largest absolute Gasteiger partial charge is 0.416 e. The molecule has 1 nitrogen and oxygen atoms in total. The van der Waals surface area contributed by atoms with Gasteiger partial charge in [0.05, 0.1) is 5.56 Å². The van der Waals surface area contributed by atoms with Gasteiger partial charge in [-0.1, -0.05) is 12.1 Å². The lowest BCUT2D eigenvalue weighted by Crippen LogP contribution is -2.28. The molecule has 1 unspecified atom stereocenters. The molecular formula is C9H8ClF6N. The van der Waals surface area contributed by atoms with E-state index in [1.54, 1.807) is 0 Å². The molecule has 1 atom stereocenters. The quantitative estimate of drug-likeness (QED) is 0.780. The molecule has 0 aliphatic heterocycles. The van der Waals surface area contributed by atoms with Gasteiger partial charge in [-0.2, -0.15) is 26.3 Å². The van der Waals surface area contributed by atoms with Crippen LogP contribution in [-0.4, -0.2) is 6.18 Å². The zero-order chi connectivity index (χ0) is 12.6. The summed E-state index contributed by atoms with van der Waals surface area (Å²) in [5.41, 5.74) is 3.41.